The van der Waals surface area contributed by atoms with Crippen molar-refractivity contribution in [2.24, 2.45) is 0 Å². The maximum absolute atomic E-state index is 12.2. The number of amides is 1. The summed E-state index contributed by atoms with van der Waals surface area (Å²) in [7, 11) is 1.56. The number of ketones is 1. The second-order valence-electron chi connectivity index (χ2n) is 4.75. The van der Waals surface area contributed by atoms with Gasteiger partial charge < -0.3 is 5.32 Å². The summed E-state index contributed by atoms with van der Waals surface area (Å²) in [6, 6.07) is 13.9. The average Bonchev–Trinajstić information content (AvgIpc) is 2.61. The van der Waals surface area contributed by atoms with Gasteiger partial charge in [0.25, 0.3) is 5.91 Å². The first-order chi connectivity index (χ1) is 11.2. The minimum Gasteiger partial charge on any atom is -0.355 e. The van der Waals surface area contributed by atoms with Crippen LogP contribution in [-0.4, -0.2) is 23.7 Å². The number of hydrogen-bond acceptors (Lipinski definition) is 4. The van der Waals surface area contributed by atoms with E-state index in [4.69, 9.17) is 0 Å². The first kappa shape index (κ1) is 16.1. The van der Waals surface area contributed by atoms with Crippen molar-refractivity contribution in [3.63, 3.8) is 0 Å². The van der Waals surface area contributed by atoms with Crippen molar-refractivity contribution >= 4 is 17.8 Å². The van der Waals surface area contributed by atoms with Crippen LogP contribution in [0.3, 0.4) is 0 Å². The van der Waals surface area contributed by atoms with Crippen LogP contribution in [-0.2, 0) is 4.79 Å². The molecule has 2 rings (SSSR count). The Kier molecular flexibility index (Phi) is 5.37. The molecule has 23 heavy (non-hydrogen) atoms. The summed E-state index contributed by atoms with van der Waals surface area (Å²) in [5, 5.41) is 11.7. The quantitative estimate of drug-likeness (QED) is 0.859. The van der Waals surface area contributed by atoms with Crippen LogP contribution < -0.4 is 5.32 Å². The molecule has 2 aromatic rings. The molecule has 0 saturated heterocycles. The molecule has 1 atom stereocenters. The minimum absolute atomic E-state index is 0.170. The Balaban J connectivity index is 2.11. The van der Waals surface area contributed by atoms with E-state index >= 15 is 0 Å². The van der Waals surface area contributed by atoms with E-state index in [2.05, 4.69) is 10.3 Å². The molecule has 114 valence electrons. The SMILES string of the molecule is CNC(=O)c1ccc(/C=C\C(=O)[C@@H](C#N)c2ccccn2)cc1. The summed E-state index contributed by atoms with van der Waals surface area (Å²) in [6.07, 6.45) is 4.52. The van der Waals surface area contributed by atoms with E-state index in [1.54, 1.807) is 61.8 Å². The first-order valence-electron chi connectivity index (χ1n) is 7.00. The maximum Gasteiger partial charge on any atom is 0.251 e. The molecular weight excluding hydrogens is 290 g/mol. The highest BCUT2D eigenvalue weighted by Crippen LogP contribution is 2.15. The minimum atomic E-state index is -0.919. The van der Waals surface area contributed by atoms with Crippen molar-refractivity contribution in [2.45, 2.75) is 5.92 Å². The Bertz CT molecular complexity index is 759. The Hall–Kier alpha value is -3.26. The van der Waals surface area contributed by atoms with Crippen molar-refractivity contribution in [3.05, 3.63) is 71.6 Å². The Labute approximate surface area is 134 Å². The lowest BCUT2D eigenvalue weighted by Crippen LogP contribution is -2.17. The fourth-order valence-electron chi connectivity index (χ4n) is 1.99. The summed E-state index contributed by atoms with van der Waals surface area (Å²) >= 11 is 0. The molecule has 1 N–H and O–H groups in total. The van der Waals surface area contributed by atoms with Crippen LogP contribution in [0.1, 0.15) is 27.5 Å². The zero-order valence-corrected chi connectivity index (χ0v) is 12.6. The van der Waals surface area contributed by atoms with Gasteiger partial charge in [0.1, 0.15) is 0 Å². The molecule has 0 bridgehead atoms. The van der Waals surface area contributed by atoms with Crippen LogP contribution in [0, 0.1) is 11.3 Å². The summed E-state index contributed by atoms with van der Waals surface area (Å²) < 4.78 is 0. The first-order valence-corrected chi connectivity index (χ1v) is 7.00. The number of nitrogens with one attached hydrogen (secondary N) is 1. The molecule has 0 saturated carbocycles. The summed E-state index contributed by atoms with van der Waals surface area (Å²) in [4.78, 5) is 27.7. The molecule has 0 unspecified atom stereocenters. The predicted molar refractivity (Wildman–Crippen MR) is 86.5 cm³/mol. The number of nitriles is 1. The van der Waals surface area contributed by atoms with E-state index in [1.807, 2.05) is 6.07 Å². The molecule has 0 aliphatic carbocycles. The van der Waals surface area contributed by atoms with Gasteiger partial charge in [-0.25, -0.2) is 0 Å². The van der Waals surface area contributed by atoms with Crippen molar-refractivity contribution in [1.29, 1.82) is 5.26 Å². The van der Waals surface area contributed by atoms with E-state index in [0.717, 1.165) is 5.56 Å². The zero-order valence-electron chi connectivity index (χ0n) is 12.6. The van der Waals surface area contributed by atoms with Gasteiger partial charge in [0.15, 0.2) is 11.7 Å². The summed E-state index contributed by atoms with van der Waals surface area (Å²) in [5.41, 5.74) is 1.74. The van der Waals surface area contributed by atoms with Crippen molar-refractivity contribution in [3.8, 4) is 6.07 Å². The van der Waals surface area contributed by atoms with Crippen molar-refractivity contribution in [1.82, 2.24) is 10.3 Å². The van der Waals surface area contributed by atoms with E-state index < -0.39 is 5.92 Å². The molecule has 0 aliphatic rings. The van der Waals surface area contributed by atoms with Crippen molar-refractivity contribution < 1.29 is 9.59 Å². The van der Waals surface area contributed by atoms with Crippen LogP contribution in [0.5, 0.6) is 0 Å². The number of rotatable bonds is 5. The molecule has 0 fully saturated rings. The summed E-state index contributed by atoms with van der Waals surface area (Å²) in [5.74, 6) is -1.42. The normalized spacial score (nSPS) is 11.7. The number of aromatic nitrogens is 1. The second-order valence-corrected chi connectivity index (χ2v) is 4.75. The third-order valence-electron chi connectivity index (χ3n) is 3.24. The van der Waals surface area contributed by atoms with Gasteiger partial charge in [0.05, 0.1) is 11.8 Å². The molecule has 0 spiro atoms. The Morgan fingerprint density at radius 3 is 2.52 bits per heavy atom. The lowest BCUT2D eigenvalue weighted by Gasteiger charge is -2.04. The maximum atomic E-state index is 12.2. The van der Waals surface area contributed by atoms with Gasteiger partial charge in [-0.1, -0.05) is 24.3 Å². The van der Waals surface area contributed by atoms with Gasteiger partial charge in [-0.15, -0.1) is 0 Å². The number of benzene rings is 1. The van der Waals surface area contributed by atoms with E-state index in [1.165, 1.54) is 6.08 Å². The lowest BCUT2D eigenvalue weighted by molar-refractivity contribution is -0.114. The molecule has 1 aromatic heterocycles. The fourth-order valence-corrected chi connectivity index (χ4v) is 1.99. The second kappa shape index (κ2) is 7.66. The molecule has 0 radical (unpaired) electrons. The third kappa shape index (κ3) is 4.11. The van der Waals surface area contributed by atoms with Crippen LogP contribution in [0.25, 0.3) is 6.08 Å². The van der Waals surface area contributed by atoms with Gasteiger partial charge in [-0.3, -0.25) is 14.6 Å². The van der Waals surface area contributed by atoms with Crippen LogP contribution in [0.4, 0.5) is 0 Å². The van der Waals surface area contributed by atoms with Gasteiger partial charge in [0, 0.05) is 18.8 Å². The Morgan fingerprint density at radius 2 is 1.96 bits per heavy atom. The molecule has 1 amide bonds. The number of hydrogen-bond donors (Lipinski definition) is 1. The molecule has 1 heterocycles. The zero-order chi connectivity index (χ0) is 16.7. The highest BCUT2D eigenvalue weighted by molar-refractivity contribution is 6.00. The van der Waals surface area contributed by atoms with Gasteiger partial charge in [0.2, 0.25) is 0 Å². The van der Waals surface area contributed by atoms with Crippen LogP contribution >= 0.6 is 0 Å². The molecule has 0 aliphatic heterocycles. The van der Waals surface area contributed by atoms with E-state index in [0.29, 0.717) is 11.3 Å². The molecule has 5 nitrogen and oxygen atoms in total. The standard InChI is InChI=1S/C18H15N3O2/c1-20-18(23)14-8-5-13(6-9-14)7-10-17(22)15(12-19)16-4-2-3-11-21-16/h2-11,15H,1H3,(H,20,23)/b10-7-/t15-/m0/s1. The van der Waals surface area contributed by atoms with Gasteiger partial charge in [-0.2, -0.15) is 5.26 Å². The number of carbonyl (C=O) groups is 2. The van der Waals surface area contributed by atoms with Crippen molar-refractivity contribution in [2.75, 3.05) is 7.05 Å². The van der Waals surface area contributed by atoms with Crippen LogP contribution in [0.15, 0.2) is 54.7 Å². The number of allylic oxidation sites excluding steroid dienone is 1. The molecule has 5 heteroatoms. The molecular formula is C18H15N3O2. The van der Waals surface area contributed by atoms with Gasteiger partial charge in [-0.05, 0) is 35.9 Å². The van der Waals surface area contributed by atoms with Crippen LogP contribution in [0.2, 0.25) is 0 Å². The predicted octanol–water partition coefficient (Wildman–Crippen LogP) is 2.33. The Morgan fingerprint density at radius 1 is 1.22 bits per heavy atom. The smallest absolute Gasteiger partial charge is 0.251 e. The highest BCUT2D eigenvalue weighted by Gasteiger charge is 2.18. The summed E-state index contributed by atoms with van der Waals surface area (Å²) in [6.45, 7) is 0. The van der Waals surface area contributed by atoms with E-state index in [9.17, 15) is 14.9 Å². The highest BCUT2D eigenvalue weighted by atomic mass is 16.1. The fraction of sp³-hybridized carbons (Fsp3) is 0.111. The largest absolute Gasteiger partial charge is 0.355 e. The average molecular weight is 305 g/mol. The lowest BCUT2D eigenvalue weighted by atomic mass is 10.00. The molecule has 1 aromatic carbocycles. The monoisotopic (exact) mass is 305 g/mol. The number of nitrogens with zero attached hydrogens (tertiary/aromatic N) is 2. The number of carbonyl (C=O) groups excluding carboxylic acids is 2. The van der Waals surface area contributed by atoms with E-state index in [-0.39, 0.29) is 11.7 Å². The van der Waals surface area contributed by atoms with Gasteiger partial charge >= 0.3 is 0 Å². The number of pyridine rings is 1. The topological polar surface area (TPSA) is 82.9 Å². The third-order valence-corrected chi connectivity index (χ3v) is 3.24.